The van der Waals surface area contributed by atoms with E-state index in [2.05, 4.69) is 21.6 Å². The van der Waals surface area contributed by atoms with Crippen LogP contribution >= 0.6 is 11.8 Å². The first-order valence-corrected chi connectivity index (χ1v) is 8.81. The molecule has 1 aliphatic carbocycles. The highest BCUT2D eigenvalue weighted by molar-refractivity contribution is 7.99. The predicted molar refractivity (Wildman–Crippen MR) is 87.0 cm³/mol. The van der Waals surface area contributed by atoms with Crippen LogP contribution < -0.4 is 5.32 Å². The monoisotopic (exact) mass is 370 g/mol. The van der Waals surface area contributed by atoms with Crippen LogP contribution in [0.4, 0.5) is 13.2 Å². The van der Waals surface area contributed by atoms with E-state index in [4.69, 9.17) is 0 Å². The van der Waals surface area contributed by atoms with Crippen molar-refractivity contribution in [3.8, 4) is 0 Å². The number of hydrogen-bond donors (Lipinski definition) is 1. The van der Waals surface area contributed by atoms with Crippen LogP contribution in [-0.4, -0.2) is 26.4 Å². The van der Waals surface area contributed by atoms with Crippen LogP contribution in [0.15, 0.2) is 29.4 Å². The van der Waals surface area contributed by atoms with Crippen molar-refractivity contribution in [2.75, 3.05) is 5.75 Å². The Morgan fingerprint density at radius 1 is 1.36 bits per heavy atom. The molecule has 1 heterocycles. The van der Waals surface area contributed by atoms with Crippen LogP contribution in [-0.2, 0) is 24.4 Å². The SMILES string of the molecule is Cn1c(SCC(=O)N[C@@H]2CCCc3ccccc32)nnc1C(F)(F)F. The summed E-state index contributed by atoms with van der Waals surface area (Å²) < 4.78 is 39.0. The number of thioether (sulfide) groups is 1. The molecular formula is C16H17F3N4OS. The molecule has 9 heteroatoms. The topological polar surface area (TPSA) is 59.8 Å². The largest absolute Gasteiger partial charge is 0.451 e. The van der Waals surface area contributed by atoms with Gasteiger partial charge in [0.2, 0.25) is 11.7 Å². The summed E-state index contributed by atoms with van der Waals surface area (Å²) >= 11 is 0.939. The minimum Gasteiger partial charge on any atom is -0.349 e. The number of carbonyl (C=O) groups is 1. The van der Waals surface area contributed by atoms with Crippen molar-refractivity contribution in [2.24, 2.45) is 7.05 Å². The number of hydrogen-bond acceptors (Lipinski definition) is 4. The zero-order valence-corrected chi connectivity index (χ0v) is 14.3. The molecule has 1 aliphatic rings. The first-order chi connectivity index (χ1) is 11.9. The molecule has 0 aliphatic heterocycles. The Balaban J connectivity index is 1.61. The fraction of sp³-hybridized carbons (Fsp3) is 0.438. The van der Waals surface area contributed by atoms with Crippen molar-refractivity contribution in [3.63, 3.8) is 0 Å². The predicted octanol–water partition coefficient (Wildman–Crippen LogP) is 3.12. The van der Waals surface area contributed by atoms with E-state index in [1.54, 1.807) is 0 Å². The number of aryl methyl sites for hydroxylation is 1. The third kappa shape index (κ3) is 3.97. The summed E-state index contributed by atoms with van der Waals surface area (Å²) in [6.45, 7) is 0. The Labute approximate surface area is 147 Å². The molecule has 0 spiro atoms. The molecule has 5 nitrogen and oxygen atoms in total. The molecule has 134 valence electrons. The standard InChI is InChI=1S/C16H17F3N4OS/c1-23-14(16(17,18)19)21-22-15(23)25-9-13(24)20-12-8-4-6-10-5-2-3-7-11(10)12/h2-3,5,7,12H,4,6,8-9H2,1H3,(H,20,24)/t12-/m1/s1. The van der Waals surface area contributed by atoms with Gasteiger partial charge in [0.25, 0.3) is 0 Å². The molecule has 2 aromatic rings. The maximum absolute atomic E-state index is 12.7. The van der Waals surface area contributed by atoms with Crippen LogP contribution in [0.5, 0.6) is 0 Å². The van der Waals surface area contributed by atoms with E-state index < -0.39 is 12.0 Å². The molecule has 1 aromatic heterocycles. The minimum absolute atomic E-state index is 0.0114. The van der Waals surface area contributed by atoms with Crippen LogP contribution in [0, 0.1) is 0 Å². The molecule has 25 heavy (non-hydrogen) atoms. The smallest absolute Gasteiger partial charge is 0.349 e. The highest BCUT2D eigenvalue weighted by Gasteiger charge is 2.37. The summed E-state index contributed by atoms with van der Waals surface area (Å²) in [4.78, 5) is 12.2. The Hall–Kier alpha value is -2.03. The second-order valence-corrected chi connectivity index (χ2v) is 6.81. The van der Waals surface area contributed by atoms with Gasteiger partial charge in [-0.2, -0.15) is 13.2 Å². The second-order valence-electron chi connectivity index (χ2n) is 5.86. The molecule has 0 fully saturated rings. The van der Waals surface area contributed by atoms with E-state index in [-0.39, 0.29) is 22.9 Å². The summed E-state index contributed by atoms with van der Waals surface area (Å²) in [7, 11) is 1.24. The van der Waals surface area contributed by atoms with Gasteiger partial charge in [-0.3, -0.25) is 4.79 Å². The molecular weight excluding hydrogens is 353 g/mol. The van der Waals surface area contributed by atoms with E-state index in [1.807, 2.05) is 18.2 Å². The van der Waals surface area contributed by atoms with Crippen molar-refractivity contribution in [2.45, 2.75) is 36.6 Å². The number of nitrogens with one attached hydrogen (secondary N) is 1. The van der Waals surface area contributed by atoms with E-state index in [9.17, 15) is 18.0 Å². The molecule has 0 saturated carbocycles. The van der Waals surface area contributed by atoms with Crippen molar-refractivity contribution in [1.82, 2.24) is 20.1 Å². The number of benzene rings is 1. The van der Waals surface area contributed by atoms with E-state index in [0.717, 1.165) is 41.2 Å². The molecule has 1 aromatic carbocycles. The normalized spacial score (nSPS) is 17.2. The van der Waals surface area contributed by atoms with Gasteiger partial charge in [0.1, 0.15) is 0 Å². The lowest BCUT2D eigenvalue weighted by Crippen LogP contribution is -2.32. The summed E-state index contributed by atoms with van der Waals surface area (Å²) in [5.74, 6) is -1.32. The fourth-order valence-electron chi connectivity index (χ4n) is 2.96. The number of rotatable bonds is 4. The molecule has 0 unspecified atom stereocenters. The number of fused-ring (bicyclic) bond motifs is 1. The van der Waals surface area contributed by atoms with Gasteiger partial charge >= 0.3 is 6.18 Å². The molecule has 0 saturated heterocycles. The zero-order chi connectivity index (χ0) is 18.0. The zero-order valence-electron chi connectivity index (χ0n) is 13.5. The van der Waals surface area contributed by atoms with Gasteiger partial charge in [-0.1, -0.05) is 36.0 Å². The van der Waals surface area contributed by atoms with Crippen LogP contribution in [0.2, 0.25) is 0 Å². The lowest BCUT2D eigenvalue weighted by atomic mass is 9.88. The van der Waals surface area contributed by atoms with Crippen LogP contribution in [0.3, 0.4) is 0 Å². The maximum Gasteiger partial charge on any atom is 0.451 e. The number of carbonyl (C=O) groups excluding carboxylic acids is 1. The highest BCUT2D eigenvalue weighted by Crippen LogP contribution is 2.31. The van der Waals surface area contributed by atoms with Crippen molar-refractivity contribution >= 4 is 17.7 Å². The molecule has 0 bridgehead atoms. The quantitative estimate of drug-likeness (QED) is 0.840. The van der Waals surface area contributed by atoms with Crippen molar-refractivity contribution in [1.29, 1.82) is 0 Å². The van der Waals surface area contributed by atoms with Gasteiger partial charge < -0.3 is 9.88 Å². The Morgan fingerprint density at radius 3 is 2.84 bits per heavy atom. The van der Waals surface area contributed by atoms with Gasteiger partial charge in [-0.05, 0) is 30.4 Å². The Kier molecular flexibility index (Phi) is 5.03. The first kappa shape index (κ1) is 17.8. The third-order valence-electron chi connectivity index (χ3n) is 4.13. The van der Waals surface area contributed by atoms with Crippen molar-refractivity contribution in [3.05, 3.63) is 41.2 Å². The number of halogens is 3. The van der Waals surface area contributed by atoms with E-state index >= 15 is 0 Å². The summed E-state index contributed by atoms with van der Waals surface area (Å²) in [6, 6.07) is 7.93. The minimum atomic E-state index is -4.56. The number of alkyl halides is 3. The molecule has 1 atom stereocenters. The molecule has 1 amide bonds. The lowest BCUT2D eigenvalue weighted by Gasteiger charge is -2.26. The Morgan fingerprint density at radius 2 is 2.12 bits per heavy atom. The highest BCUT2D eigenvalue weighted by atomic mass is 32.2. The van der Waals surface area contributed by atoms with Gasteiger partial charge in [0.15, 0.2) is 5.16 Å². The fourth-order valence-corrected chi connectivity index (χ4v) is 3.68. The van der Waals surface area contributed by atoms with Gasteiger partial charge in [-0.15, -0.1) is 10.2 Å². The van der Waals surface area contributed by atoms with Gasteiger partial charge in [0, 0.05) is 7.05 Å². The Bertz CT molecular complexity index is 775. The summed E-state index contributed by atoms with van der Waals surface area (Å²) in [6.07, 6.45) is -1.71. The summed E-state index contributed by atoms with van der Waals surface area (Å²) in [5.41, 5.74) is 2.35. The van der Waals surface area contributed by atoms with Gasteiger partial charge in [-0.25, -0.2) is 0 Å². The van der Waals surface area contributed by atoms with E-state index in [1.165, 1.54) is 12.6 Å². The van der Waals surface area contributed by atoms with Crippen molar-refractivity contribution < 1.29 is 18.0 Å². The molecule has 0 radical (unpaired) electrons. The van der Waals surface area contributed by atoms with E-state index in [0.29, 0.717) is 0 Å². The first-order valence-electron chi connectivity index (χ1n) is 7.83. The van der Waals surface area contributed by atoms with Gasteiger partial charge in [0.05, 0.1) is 11.8 Å². The average Bonchev–Trinajstić information content (AvgIpc) is 2.94. The molecule has 1 N–H and O–H groups in total. The number of amides is 1. The van der Waals surface area contributed by atoms with Crippen LogP contribution in [0.25, 0.3) is 0 Å². The lowest BCUT2D eigenvalue weighted by molar-refractivity contribution is -0.147. The number of nitrogens with zero attached hydrogens (tertiary/aromatic N) is 3. The van der Waals surface area contributed by atoms with Crippen LogP contribution in [0.1, 0.15) is 35.8 Å². The number of aromatic nitrogens is 3. The third-order valence-corrected chi connectivity index (χ3v) is 5.15. The second kappa shape index (κ2) is 7.07. The summed E-state index contributed by atoms with van der Waals surface area (Å²) in [5, 5.41) is 9.68. The average molecular weight is 370 g/mol. The maximum atomic E-state index is 12.7. The molecule has 3 rings (SSSR count).